The number of esters is 1. The molecular weight excluding hydrogens is 258 g/mol. The molecule has 1 amide bonds. The zero-order valence-corrected chi connectivity index (χ0v) is 13.1. The lowest BCUT2D eigenvalue weighted by Gasteiger charge is -2.38. The average molecular weight is 285 g/mol. The number of unbranched alkanes of at least 4 members (excludes halogenated alkanes) is 1. The van der Waals surface area contributed by atoms with Gasteiger partial charge in [0.2, 0.25) is 0 Å². The lowest BCUT2D eigenvalue weighted by Crippen LogP contribution is -2.47. The van der Waals surface area contributed by atoms with Gasteiger partial charge in [-0.15, -0.1) is 0 Å². The van der Waals surface area contributed by atoms with E-state index >= 15 is 0 Å². The second kappa shape index (κ2) is 7.50. The fourth-order valence-corrected chi connectivity index (χ4v) is 2.43. The van der Waals surface area contributed by atoms with Crippen LogP contribution in [0.25, 0.3) is 0 Å². The fourth-order valence-electron chi connectivity index (χ4n) is 2.43. The normalized spacial score (nSPS) is 25.9. The average Bonchev–Trinajstić information content (AvgIpc) is 2.41. The van der Waals surface area contributed by atoms with E-state index in [0.717, 1.165) is 32.1 Å². The third-order valence-electron chi connectivity index (χ3n) is 3.93. The van der Waals surface area contributed by atoms with Crippen molar-refractivity contribution in [1.82, 2.24) is 4.90 Å². The van der Waals surface area contributed by atoms with Gasteiger partial charge in [0.15, 0.2) is 0 Å². The van der Waals surface area contributed by atoms with Gasteiger partial charge in [0.05, 0.1) is 6.61 Å². The molecule has 0 aromatic carbocycles. The van der Waals surface area contributed by atoms with Crippen molar-refractivity contribution in [3.63, 3.8) is 0 Å². The zero-order valence-electron chi connectivity index (χ0n) is 13.1. The third kappa shape index (κ3) is 4.12. The van der Waals surface area contributed by atoms with Crippen molar-refractivity contribution in [2.45, 2.75) is 58.5 Å². The summed E-state index contributed by atoms with van der Waals surface area (Å²) in [5.74, 6) is -0.234. The quantitative estimate of drug-likeness (QED) is 0.575. The fraction of sp³-hybridized carbons (Fsp3) is 0.867. The highest BCUT2D eigenvalue weighted by atomic mass is 16.6. The van der Waals surface area contributed by atoms with Gasteiger partial charge in [0.1, 0.15) is 11.5 Å². The van der Waals surface area contributed by atoms with Gasteiger partial charge in [0, 0.05) is 14.1 Å². The number of nitrogens with zero attached hydrogens (tertiary/aromatic N) is 1. The molecule has 0 spiro atoms. The first-order valence-electron chi connectivity index (χ1n) is 7.47. The maximum atomic E-state index is 12.3. The largest absolute Gasteiger partial charge is 0.465 e. The van der Waals surface area contributed by atoms with Gasteiger partial charge in [-0.25, -0.2) is 4.79 Å². The van der Waals surface area contributed by atoms with E-state index in [1.165, 1.54) is 4.90 Å². The molecule has 0 radical (unpaired) electrons. The Morgan fingerprint density at radius 3 is 2.60 bits per heavy atom. The monoisotopic (exact) mass is 285 g/mol. The van der Waals surface area contributed by atoms with Crippen molar-refractivity contribution in [2.24, 2.45) is 5.41 Å². The summed E-state index contributed by atoms with van der Waals surface area (Å²) in [5.41, 5.74) is -0.711. The molecule has 1 aliphatic carbocycles. The maximum Gasteiger partial charge on any atom is 0.409 e. The summed E-state index contributed by atoms with van der Waals surface area (Å²) in [6.45, 7) is 4.35. The molecule has 5 nitrogen and oxygen atoms in total. The molecule has 1 aliphatic rings. The molecule has 1 fully saturated rings. The van der Waals surface area contributed by atoms with Crippen LogP contribution in [0.4, 0.5) is 4.79 Å². The first-order valence-corrected chi connectivity index (χ1v) is 7.47. The van der Waals surface area contributed by atoms with Gasteiger partial charge >= 0.3 is 12.1 Å². The molecule has 20 heavy (non-hydrogen) atoms. The summed E-state index contributed by atoms with van der Waals surface area (Å²) in [5, 5.41) is 0. The summed E-state index contributed by atoms with van der Waals surface area (Å²) in [4.78, 5) is 25.4. The summed E-state index contributed by atoms with van der Waals surface area (Å²) in [6.07, 6.45) is 4.44. The van der Waals surface area contributed by atoms with Gasteiger partial charge < -0.3 is 14.4 Å². The molecule has 1 saturated carbocycles. The molecule has 0 aliphatic heterocycles. The maximum absolute atomic E-state index is 12.3. The number of hydrogen-bond acceptors (Lipinski definition) is 4. The van der Waals surface area contributed by atoms with E-state index < -0.39 is 11.5 Å². The summed E-state index contributed by atoms with van der Waals surface area (Å²) >= 11 is 0. The molecule has 0 N–H and O–H groups in total. The molecule has 0 bridgehead atoms. The van der Waals surface area contributed by atoms with Crippen LogP contribution in [0.5, 0.6) is 0 Å². The van der Waals surface area contributed by atoms with Crippen molar-refractivity contribution < 1.29 is 19.1 Å². The van der Waals surface area contributed by atoms with Crippen LogP contribution in [0.2, 0.25) is 0 Å². The van der Waals surface area contributed by atoms with E-state index in [9.17, 15) is 9.59 Å². The minimum absolute atomic E-state index is 0.234. The second-order valence-corrected chi connectivity index (χ2v) is 5.92. The van der Waals surface area contributed by atoms with E-state index in [1.54, 1.807) is 14.1 Å². The number of hydrogen-bond donors (Lipinski definition) is 0. The van der Waals surface area contributed by atoms with Gasteiger partial charge in [-0.3, -0.25) is 4.79 Å². The van der Waals surface area contributed by atoms with Crippen LogP contribution in [0.15, 0.2) is 0 Å². The van der Waals surface area contributed by atoms with Crippen LogP contribution < -0.4 is 0 Å². The van der Waals surface area contributed by atoms with Gasteiger partial charge in [-0.1, -0.05) is 19.8 Å². The molecule has 5 heteroatoms. The molecule has 0 aromatic heterocycles. The van der Waals surface area contributed by atoms with Crippen LogP contribution in [-0.2, 0) is 14.3 Å². The molecule has 0 heterocycles. The van der Waals surface area contributed by atoms with E-state index in [1.807, 2.05) is 6.92 Å². The lowest BCUT2D eigenvalue weighted by molar-refractivity contribution is -0.165. The van der Waals surface area contributed by atoms with E-state index in [4.69, 9.17) is 9.47 Å². The summed E-state index contributed by atoms with van der Waals surface area (Å²) < 4.78 is 10.8. The van der Waals surface area contributed by atoms with Gasteiger partial charge in [-0.2, -0.15) is 0 Å². The van der Waals surface area contributed by atoms with Crippen LogP contribution in [-0.4, -0.2) is 43.8 Å². The summed E-state index contributed by atoms with van der Waals surface area (Å²) in [6, 6.07) is 0. The lowest BCUT2D eigenvalue weighted by atomic mass is 9.73. The summed E-state index contributed by atoms with van der Waals surface area (Å²) in [7, 11) is 3.28. The Bertz CT molecular complexity index is 343. The number of rotatable bonds is 5. The highest BCUT2D eigenvalue weighted by Gasteiger charge is 2.46. The minimum Gasteiger partial charge on any atom is -0.465 e. The Morgan fingerprint density at radius 2 is 2.00 bits per heavy atom. The van der Waals surface area contributed by atoms with E-state index in [-0.39, 0.29) is 12.1 Å². The third-order valence-corrected chi connectivity index (χ3v) is 3.93. The van der Waals surface area contributed by atoms with Crippen LogP contribution in [0.3, 0.4) is 0 Å². The number of amides is 1. The first-order chi connectivity index (χ1) is 9.41. The molecule has 1 rings (SSSR count). The second-order valence-electron chi connectivity index (χ2n) is 5.92. The molecule has 116 valence electrons. The molecular formula is C15H27NO4. The standard InChI is InChI=1S/C15H27NO4/c1-5-6-11-19-13(17)15(2)10-8-7-9-12(15)20-14(18)16(3)4/h12H,5-11H2,1-4H3/t12-,15+/m0/s1. The predicted octanol–water partition coefficient (Wildman–Crippen LogP) is 2.98. The van der Waals surface area contributed by atoms with Crippen LogP contribution >= 0.6 is 0 Å². The molecule has 0 saturated heterocycles. The Morgan fingerprint density at radius 1 is 1.30 bits per heavy atom. The molecule has 0 aromatic rings. The smallest absolute Gasteiger partial charge is 0.409 e. The highest BCUT2D eigenvalue weighted by Crippen LogP contribution is 2.39. The van der Waals surface area contributed by atoms with Crippen molar-refractivity contribution in [1.29, 1.82) is 0 Å². The predicted molar refractivity (Wildman–Crippen MR) is 76.4 cm³/mol. The zero-order chi connectivity index (χ0) is 15.2. The minimum atomic E-state index is -0.711. The highest BCUT2D eigenvalue weighted by molar-refractivity contribution is 5.78. The van der Waals surface area contributed by atoms with E-state index in [0.29, 0.717) is 13.0 Å². The number of ether oxygens (including phenoxy) is 2. The first kappa shape index (κ1) is 16.8. The van der Waals surface area contributed by atoms with Crippen molar-refractivity contribution in [3.8, 4) is 0 Å². The van der Waals surface area contributed by atoms with E-state index in [2.05, 4.69) is 6.92 Å². The van der Waals surface area contributed by atoms with Crippen molar-refractivity contribution >= 4 is 12.1 Å². The Labute approximate surface area is 121 Å². The van der Waals surface area contributed by atoms with Gasteiger partial charge in [-0.05, 0) is 32.6 Å². The van der Waals surface area contributed by atoms with Crippen LogP contribution in [0.1, 0.15) is 52.4 Å². The molecule has 2 atom stereocenters. The Kier molecular flexibility index (Phi) is 6.30. The Balaban J connectivity index is 2.69. The topological polar surface area (TPSA) is 55.8 Å². The van der Waals surface area contributed by atoms with Gasteiger partial charge in [0.25, 0.3) is 0 Å². The van der Waals surface area contributed by atoms with Crippen molar-refractivity contribution in [3.05, 3.63) is 0 Å². The Hall–Kier alpha value is -1.26. The number of carbonyl (C=O) groups excluding carboxylic acids is 2. The SMILES string of the molecule is CCCCOC(=O)[C@]1(C)CCCC[C@@H]1OC(=O)N(C)C. The van der Waals surface area contributed by atoms with Crippen LogP contribution in [0, 0.1) is 5.41 Å². The number of carbonyl (C=O) groups is 2. The molecule has 0 unspecified atom stereocenters. The van der Waals surface area contributed by atoms with Crippen molar-refractivity contribution in [2.75, 3.05) is 20.7 Å².